The molecule has 1 aromatic carbocycles. The Hall–Kier alpha value is -2.21. The van der Waals surface area contributed by atoms with Crippen molar-refractivity contribution in [2.75, 3.05) is 6.61 Å². The van der Waals surface area contributed by atoms with E-state index in [2.05, 4.69) is 20.3 Å². The molecule has 3 aromatic rings. The van der Waals surface area contributed by atoms with Gasteiger partial charge in [0.1, 0.15) is 12.4 Å². The lowest BCUT2D eigenvalue weighted by atomic mass is 10.3. The number of fused-ring (bicyclic) bond motifs is 1. The number of nitrogens with one attached hydrogen (secondary N) is 1. The Morgan fingerprint density at radius 3 is 3.00 bits per heavy atom. The summed E-state index contributed by atoms with van der Waals surface area (Å²) in [5.74, 6) is 0.844. The molecule has 0 bridgehead atoms. The third-order valence-electron chi connectivity index (χ3n) is 2.70. The van der Waals surface area contributed by atoms with Crippen molar-refractivity contribution in [1.82, 2.24) is 25.0 Å². The molecule has 0 radical (unpaired) electrons. The average molecular weight is 243 g/mol. The standard InChI is InChI=1S/C12H13N5O/c18-6-5-9-7-17(16-15-9)8-12-13-10-3-1-2-4-11(10)14-12/h1-4,7,18H,5-6,8H2,(H,13,14). The number of aromatic nitrogens is 5. The Morgan fingerprint density at radius 2 is 2.17 bits per heavy atom. The minimum Gasteiger partial charge on any atom is -0.396 e. The number of aromatic amines is 1. The summed E-state index contributed by atoms with van der Waals surface area (Å²) >= 11 is 0. The van der Waals surface area contributed by atoms with Crippen LogP contribution in [0.4, 0.5) is 0 Å². The van der Waals surface area contributed by atoms with Crippen molar-refractivity contribution in [3.05, 3.63) is 42.0 Å². The second-order valence-electron chi connectivity index (χ2n) is 4.08. The van der Waals surface area contributed by atoms with Gasteiger partial charge < -0.3 is 10.1 Å². The van der Waals surface area contributed by atoms with Gasteiger partial charge in [-0.2, -0.15) is 0 Å². The summed E-state index contributed by atoms with van der Waals surface area (Å²) in [5.41, 5.74) is 2.75. The molecule has 0 amide bonds. The van der Waals surface area contributed by atoms with Gasteiger partial charge in [-0.05, 0) is 12.1 Å². The molecule has 18 heavy (non-hydrogen) atoms. The van der Waals surface area contributed by atoms with Crippen molar-refractivity contribution in [3.63, 3.8) is 0 Å². The second kappa shape index (κ2) is 4.58. The van der Waals surface area contributed by atoms with Crippen LogP contribution in [0.3, 0.4) is 0 Å². The number of H-pyrrole nitrogens is 1. The van der Waals surface area contributed by atoms with E-state index in [9.17, 15) is 0 Å². The molecule has 0 spiro atoms. The fraction of sp³-hybridized carbons (Fsp3) is 0.250. The van der Waals surface area contributed by atoms with Crippen LogP contribution in [0, 0.1) is 0 Å². The van der Waals surface area contributed by atoms with Gasteiger partial charge in [0.25, 0.3) is 0 Å². The number of imidazole rings is 1. The number of rotatable bonds is 4. The summed E-state index contributed by atoms with van der Waals surface area (Å²) < 4.78 is 1.71. The molecule has 0 unspecified atom stereocenters. The van der Waals surface area contributed by atoms with Crippen LogP contribution in [-0.2, 0) is 13.0 Å². The molecule has 2 aromatic heterocycles. The first-order valence-corrected chi connectivity index (χ1v) is 5.78. The van der Waals surface area contributed by atoms with E-state index in [0.29, 0.717) is 13.0 Å². The second-order valence-corrected chi connectivity index (χ2v) is 4.08. The van der Waals surface area contributed by atoms with E-state index in [1.165, 1.54) is 0 Å². The number of aliphatic hydroxyl groups excluding tert-OH is 1. The van der Waals surface area contributed by atoms with Crippen LogP contribution in [0.1, 0.15) is 11.5 Å². The van der Waals surface area contributed by atoms with E-state index in [0.717, 1.165) is 22.6 Å². The average Bonchev–Trinajstić information content (AvgIpc) is 2.96. The number of aliphatic hydroxyl groups is 1. The summed E-state index contributed by atoms with van der Waals surface area (Å²) in [6.45, 7) is 0.635. The Labute approximate surface area is 103 Å². The molecule has 0 saturated carbocycles. The summed E-state index contributed by atoms with van der Waals surface area (Å²) in [4.78, 5) is 7.71. The lowest BCUT2D eigenvalue weighted by molar-refractivity contribution is 0.298. The van der Waals surface area contributed by atoms with Crippen LogP contribution >= 0.6 is 0 Å². The first-order chi connectivity index (χ1) is 8.85. The monoisotopic (exact) mass is 243 g/mol. The van der Waals surface area contributed by atoms with Gasteiger partial charge >= 0.3 is 0 Å². The molecule has 0 atom stereocenters. The predicted molar refractivity (Wildman–Crippen MR) is 66.0 cm³/mol. The number of para-hydroxylation sites is 2. The van der Waals surface area contributed by atoms with Gasteiger partial charge in [-0.15, -0.1) is 5.10 Å². The Balaban J connectivity index is 1.82. The molecule has 0 fully saturated rings. The molecular formula is C12H13N5O. The SMILES string of the molecule is OCCc1cn(Cc2nc3ccccc3[nH]2)nn1. The maximum Gasteiger partial charge on any atom is 0.129 e. The maximum absolute atomic E-state index is 8.82. The highest BCUT2D eigenvalue weighted by Gasteiger charge is 2.05. The molecule has 0 aliphatic heterocycles. The summed E-state index contributed by atoms with van der Waals surface area (Å²) in [7, 11) is 0. The fourth-order valence-corrected chi connectivity index (χ4v) is 1.88. The largest absolute Gasteiger partial charge is 0.396 e. The molecule has 0 aliphatic carbocycles. The van der Waals surface area contributed by atoms with Crippen LogP contribution < -0.4 is 0 Å². The molecule has 6 heteroatoms. The van der Waals surface area contributed by atoms with Crippen molar-refractivity contribution in [1.29, 1.82) is 0 Å². The predicted octanol–water partition coefficient (Wildman–Crippen LogP) is 0.737. The van der Waals surface area contributed by atoms with Crippen LogP contribution in [0.5, 0.6) is 0 Å². The minimum atomic E-state index is 0.0866. The number of hydrogen-bond acceptors (Lipinski definition) is 4. The van der Waals surface area contributed by atoms with E-state index < -0.39 is 0 Å². The Bertz CT molecular complexity index is 624. The smallest absolute Gasteiger partial charge is 0.129 e. The van der Waals surface area contributed by atoms with Gasteiger partial charge in [0, 0.05) is 19.2 Å². The van der Waals surface area contributed by atoms with Crippen LogP contribution in [0.2, 0.25) is 0 Å². The topological polar surface area (TPSA) is 79.6 Å². The lowest BCUT2D eigenvalue weighted by Crippen LogP contribution is -2.02. The highest BCUT2D eigenvalue weighted by Crippen LogP contribution is 2.10. The molecule has 0 aliphatic rings. The van der Waals surface area contributed by atoms with Gasteiger partial charge in [0.2, 0.25) is 0 Å². The summed E-state index contributed by atoms with van der Waals surface area (Å²) in [5, 5.41) is 16.8. The van der Waals surface area contributed by atoms with E-state index in [1.54, 1.807) is 4.68 Å². The first kappa shape index (κ1) is 10.9. The summed E-state index contributed by atoms with van der Waals surface area (Å²) in [6, 6.07) is 7.89. The highest BCUT2D eigenvalue weighted by atomic mass is 16.3. The number of nitrogens with zero attached hydrogens (tertiary/aromatic N) is 4. The molecule has 0 saturated heterocycles. The van der Waals surface area contributed by atoms with Crippen LogP contribution in [0.25, 0.3) is 11.0 Å². The van der Waals surface area contributed by atoms with Crippen LogP contribution in [-0.4, -0.2) is 36.7 Å². The first-order valence-electron chi connectivity index (χ1n) is 5.78. The van der Waals surface area contributed by atoms with Crippen molar-refractivity contribution in [2.45, 2.75) is 13.0 Å². The van der Waals surface area contributed by atoms with Crippen molar-refractivity contribution in [3.8, 4) is 0 Å². The van der Waals surface area contributed by atoms with Crippen LogP contribution in [0.15, 0.2) is 30.5 Å². The zero-order valence-electron chi connectivity index (χ0n) is 9.74. The molecule has 6 nitrogen and oxygen atoms in total. The molecule has 3 rings (SSSR count). The van der Waals surface area contributed by atoms with E-state index in [1.807, 2.05) is 30.5 Å². The Morgan fingerprint density at radius 1 is 1.28 bits per heavy atom. The third-order valence-corrected chi connectivity index (χ3v) is 2.70. The highest BCUT2D eigenvalue weighted by molar-refractivity contribution is 5.74. The van der Waals surface area contributed by atoms with E-state index >= 15 is 0 Å². The Kier molecular flexibility index (Phi) is 2.77. The molecular weight excluding hydrogens is 230 g/mol. The van der Waals surface area contributed by atoms with Gasteiger partial charge in [0.05, 0.1) is 16.7 Å². The quantitative estimate of drug-likeness (QED) is 0.708. The lowest BCUT2D eigenvalue weighted by Gasteiger charge is -1.94. The molecule has 2 N–H and O–H groups in total. The zero-order chi connectivity index (χ0) is 12.4. The maximum atomic E-state index is 8.82. The van der Waals surface area contributed by atoms with Gasteiger partial charge in [-0.1, -0.05) is 17.3 Å². The number of hydrogen-bond donors (Lipinski definition) is 2. The fourth-order valence-electron chi connectivity index (χ4n) is 1.88. The number of benzene rings is 1. The van der Waals surface area contributed by atoms with Gasteiger partial charge in [0.15, 0.2) is 0 Å². The normalized spacial score (nSPS) is 11.2. The summed E-state index contributed by atoms with van der Waals surface area (Å²) in [6.07, 6.45) is 2.35. The van der Waals surface area contributed by atoms with E-state index in [-0.39, 0.29) is 6.61 Å². The molecule has 92 valence electrons. The van der Waals surface area contributed by atoms with Gasteiger partial charge in [-0.3, -0.25) is 0 Å². The van der Waals surface area contributed by atoms with Gasteiger partial charge in [-0.25, -0.2) is 9.67 Å². The third kappa shape index (κ3) is 2.10. The van der Waals surface area contributed by atoms with Crippen molar-refractivity contribution in [2.24, 2.45) is 0 Å². The zero-order valence-corrected chi connectivity index (χ0v) is 9.74. The van der Waals surface area contributed by atoms with Crippen molar-refractivity contribution < 1.29 is 5.11 Å². The molecule has 2 heterocycles. The van der Waals surface area contributed by atoms with E-state index in [4.69, 9.17) is 5.11 Å². The van der Waals surface area contributed by atoms with Crippen molar-refractivity contribution >= 4 is 11.0 Å². The minimum absolute atomic E-state index is 0.0866.